The van der Waals surface area contributed by atoms with Gasteiger partial charge in [-0.2, -0.15) is 0 Å². The number of likely N-dealkylation sites (N-methyl/N-ethyl adjacent to an activating group) is 2. The minimum atomic E-state index is -0.856. The molecule has 1 fully saturated rings. The first kappa shape index (κ1) is 53.8. The van der Waals surface area contributed by atoms with Gasteiger partial charge in [-0.3, -0.25) is 28.9 Å². The molecule has 0 spiro atoms. The van der Waals surface area contributed by atoms with E-state index >= 15 is 0 Å². The molecule has 2 aromatic carbocycles. The Kier molecular flexibility index (Phi) is 21.7. The van der Waals surface area contributed by atoms with Gasteiger partial charge >= 0.3 is 0 Å². The molecule has 0 unspecified atom stereocenters. The van der Waals surface area contributed by atoms with Gasteiger partial charge in [-0.05, 0) is 81.8 Å². The monoisotopic (exact) mass is 892 g/mol. The number of anilines is 1. The summed E-state index contributed by atoms with van der Waals surface area (Å²) < 4.78 is 12.1. The van der Waals surface area contributed by atoms with Crippen molar-refractivity contribution in [3.05, 3.63) is 65.7 Å². The van der Waals surface area contributed by atoms with Crippen LogP contribution in [0.15, 0.2) is 54.6 Å². The van der Waals surface area contributed by atoms with Crippen LogP contribution < -0.4 is 21.3 Å². The first-order valence-corrected chi connectivity index (χ1v) is 23.3. The number of nitrogens with zero attached hydrogens (tertiary/aromatic N) is 3. The summed E-state index contributed by atoms with van der Waals surface area (Å²) in [4.78, 5) is 75.6. The molecule has 4 N–H and O–H groups in total. The number of hydrogen-bond donors (Lipinski definition) is 4. The second-order valence-electron chi connectivity index (χ2n) is 18.9. The molecule has 358 valence electrons. The minimum Gasteiger partial charge on any atom is -0.383 e. The van der Waals surface area contributed by atoms with Crippen molar-refractivity contribution in [2.45, 2.75) is 149 Å². The number of likely N-dealkylation sites (tertiary alicyclic amines) is 1. The maximum absolute atomic E-state index is 14.4. The van der Waals surface area contributed by atoms with Crippen molar-refractivity contribution in [3.63, 3.8) is 0 Å². The largest absolute Gasteiger partial charge is 0.383 e. The lowest BCUT2D eigenvalue weighted by atomic mass is 9.89. The van der Waals surface area contributed by atoms with Crippen LogP contribution in [0.1, 0.15) is 99.1 Å². The highest BCUT2D eigenvalue weighted by atomic mass is 16.5. The van der Waals surface area contributed by atoms with Crippen molar-refractivity contribution in [2.75, 3.05) is 47.2 Å². The summed E-state index contributed by atoms with van der Waals surface area (Å²) in [5, 5.41) is 12.5. The van der Waals surface area contributed by atoms with Gasteiger partial charge < -0.3 is 40.5 Å². The lowest BCUT2D eigenvalue weighted by molar-refractivity contribution is -0.148. The smallest absolute Gasteiger partial charge is 0.245 e. The average Bonchev–Trinajstić information content (AvgIpc) is 3.74. The zero-order chi connectivity index (χ0) is 47.8. The summed E-state index contributed by atoms with van der Waals surface area (Å²) >= 11 is 0. The van der Waals surface area contributed by atoms with E-state index in [0.717, 1.165) is 29.7 Å². The third kappa shape index (κ3) is 15.0. The van der Waals surface area contributed by atoms with E-state index in [4.69, 9.17) is 9.47 Å². The number of methoxy groups -OCH3 is 2. The van der Waals surface area contributed by atoms with E-state index in [1.165, 1.54) is 0 Å². The molecule has 1 aliphatic heterocycles. The Balaban J connectivity index is 1.79. The van der Waals surface area contributed by atoms with E-state index in [-0.39, 0.29) is 53.7 Å². The molecule has 9 atom stereocenters. The third-order valence-corrected chi connectivity index (χ3v) is 12.7. The molecule has 64 heavy (non-hydrogen) atoms. The van der Waals surface area contributed by atoms with E-state index in [1.54, 1.807) is 38.0 Å². The van der Waals surface area contributed by atoms with Gasteiger partial charge in [0.25, 0.3) is 0 Å². The zero-order valence-electron chi connectivity index (χ0n) is 41.3. The maximum atomic E-state index is 14.4. The number of amides is 5. The number of nitrogens with one attached hydrogen (secondary N) is 4. The second-order valence-corrected chi connectivity index (χ2v) is 18.9. The second kappa shape index (κ2) is 25.8. The van der Waals surface area contributed by atoms with Crippen LogP contribution in [-0.2, 0) is 46.4 Å². The van der Waals surface area contributed by atoms with Crippen LogP contribution in [0.3, 0.4) is 0 Å². The fourth-order valence-electron chi connectivity index (χ4n) is 9.14. The quantitative estimate of drug-likeness (QED) is 0.101. The fraction of sp³-hybridized carbons (Fsp3) is 0.660. The molecular formula is C50H81N7O7. The van der Waals surface area contributed by atoms with Gasteiger partial charge in [-0.1, -0.05) is 97.4 Å². The molecule has 1 heterocycles. The van der Waals surface area contributed by atoms with Crippen molar-refractivity contribution < 1.29 is 33.4 Å². The Morgan fingerprint density at radius 1 is 0.781 bits per heavy atom. The van der Waals surface area contributed by atoms with Crippen LogP contribution in [0, 0.1) is 23.7 Å². The summed E-state index contributed by atoms with van der Waals surface area (Å²) in [7, 11) is 8.56. The number of rotatable bonds is 25. The Bertz CT molecular complexity index is 1760. The molecular weight excluding hydrogens is 811 g/mol. The third-order valence-electron chi connectivity index (χ3n) is 12.7. The van der Waals surface area contributed by atoms with Gasteiger partial charge in [0, 0.05) is 52.5 Å². The topological polar surface area (TPSA) is 162 Å². The molecule has 1 saturated heterocycles. The van der Waals surface area contributed by atoms with Crippen molar-refractivity contribution in [1.29, 1.82) is 0 Å². The molecule has 5 amide bonds. The Labute approximate surface area is 384 Å². The maximum Gasteiger partial charge on any atom is 0.245 e. The Morgan fingerprint density at radius 3 is 1.95 bits per heavy atom. The summed E-state index contributed by atoms with van der Waals surface area (Å²) in [5.41, 5.74) is 2.83. The van der Waals surface area contributed by atoms with E-state index in [1.807, 2.05) is 115 Å². The molecule has 0 saturated carbocycles. The highest BCUT2D eigenvalue weighted by Crippen LogP contribution is 2.30. The van der Waals surface area contributed by atoms with Crippen molar-refractivity contribution in [1.82, 2.24) is 30.7 Å². The molecule has 14 heteroatoms. The molecule has 2 aromatic rings. The van der Waals surface area contributed by atoms with Gasteiger partial charge in [-0.25, -0.2) is 0 Å². The van der Waals surface area contributed by atoms with Crippen LogP contribution >= 0.6 is 0 Å². The average molecular weight is 892 g/mol. The summed E-state index contributed by atoms with van der Waals surface area (Å²) in [6.07, 6.45) is 1.06. The van der Waals surface area contributed by atoms with Gasteiger partial charge in [-0.15, -0.1) is 0 Å². The predicted octanol–water partition coefficient (Wildman–Crippen LogP) is 5.50. The molecule has 0 aromatic heterocycles. The van der Waals surface area contributed by atoms with Crippen LogP contribution in [0.4, 0.5) is 5.69 Å². The number of hydrogen-bond acceptors (Lipinski definition) is 9. The molecule has 14 nitrogen and oxygen atoms in total. The van der Waals surface area contributed by atoms with Gasteiger partial charge in [0.1, 0.15) is 12.1 Å². The number of benzene rings is 2. The number of ether oxygens (including phenoxy) is 2. The van der Waals surface area contributed by atoms with Crippen LogP contribution in [0.5, 0.6) is 0 Å². The summed E-state index contributed by atoms with van der Waals surface area (Å²) in [5.74, 6) is -2.18. The fourth-order valence-corrected chi connectivity index (χ4v) is 9.14. The van der Waals surface area contributed by atoms with Gasteiger partial charge in [0.15, 0.2) is 0 Å². The van der Waals surface area contributed by atoms with Crippen LogP contribution in [-0.4, -0.2) is 135 Å². The van der Waals surface area contributed by atoms with Crippen molar-refractivity contribution >= 4 is 35.2 Å². The molecule has 0 aliphatic carbocycles. The van der Waals surface area contributed by atoms with Crippen molar-refractivity contribution in [2.24, 2.45) is 23.7 Å². The normalized spacial score (nSPS) is 17.9. The standard InChI is InChI=1S/C50H81N7O7/c1-15-34(8)45(56(12)50(62)43(31(2)3)54-49(61)44(32(4)5)55(10)11)41(63-13)29-42(58)57-27-19-22-40(57)46(64-14)35(9)47(59)53-39(28-36-20-17-16-18-21-36)48(60)51-30-37-23-25-38(26-24-37)52-33(6)7/h16-18,20-21,23-26,31-35,39-41,43-46,52H,15,19,22,27-30H2,1-14H3,(H,51,60)(H,53,59)(H,54,61)/t34-,35+,39-,40-,41+,43-,44-,45-,46+/m0/s1. The lowest BCUT2D eigenvalue weighted by Crippen LogP contribution is -2.59. The lowest BCUT2D eigenvalue weighted by Gasteiger charge is -2.41. The predicted molar refractivity (Wildman–Crippen MR) is 254 cm³/mol. The van der Waals surface area contributed by atoms with Gasteiger partial charge in [0.2, 0.25) is 29.5 Å². The number of carbonyl (C=O) groups excluding carboxylic acids is 5. The highest BCUT2D eigenvalue weighted by molar-refractivity contribution is 5.91. The molecule has 0 radical (unpaired) electrons. The summed E-state index contributed by atoms with van der Waals surface area (Å²) in [6.45, 7) is 18.6. The number of carbonyl (C=O) groups is 5. The SMILES string of the molecule is CC[C@H](C)[C@@H]([C@@H](CC(=O)N1CCC[C@H]1[C@H](OC)[C@@H](C)C(=O)N[C@@H](Cc1ccccc1)C(=O)NCc1ccc(NC(C)C)cc1)OC)N(C)C(=O)[C@@H](NC(=O)[C@H](C(C)C)N(C)C)C(C)C. The molecule has 1 aliphatic rings. The van der Waals surface area contributed by atoms with Crippen LogP contribution in [0.2, 0.25) is 0 Å². The van der Waals surface area contributed by atoms with E-state index in [9.17, 15) is 24.0 Å². The molecule has 0 bridgehead atoms. The molecule has 3 rings (SSSR count). The first-order valence-electron chi connectivity index (χ1n) is 23.3. The summed E-state index contributed by atoms with van der Waals surface area (Å²) in [6, 6.07) is 14.8. The minimum absolute atomic E-state index is 0.00167. The van der Waals surface area contributed by atoms with E-state index in [0.29, 0.717) is 32.0 Å². The van der Waals surface area contributed by atoms with Crippen LogP contribution in [0.25, 0.3) is 0 Å². The Morgan fingerprint density at radius 2 is 1.42 bits per heavy atom. The highest BCUT2D eigenvalue weighted by Gasteiger charge is 2.43. The van der Waals surface area contributed by atoms with Gasteiger partial charge in [0.05, 0.1) is 42.7 Å². The van der Waals surface area contributed by atoms with E-state index < -0.39 is 48.3 Å². The van der Waals surface area contributed by atoms with E-state index in [2.05, 4.69) is 35.1 Å². The Hall–Kier alpha value is -4.53. The first-order chi connectivity index (χ1) is 30.2. The van der Waals surface area contributed by atoms with Crippen molar-refractivity contribution in [3.8, 4) is 0 Å². The zero-order valence-corrected chi connectivity index (χ0v) is 41.3.